The van der Waals surface area contributed by atoms with Gasteiger partial charge in [-0.1, -0.05) is 13.5 Å². The van der Waals surface area contributed by atoms with Crippen molar-refractivity contribution in [2.24, 2.45) is 5.73 Å². The van der Waals surface area contributed by atoms with E-state index in [1.54, 1.807) is 6.20 Å². The van der Waals surface area contributed by atoms with Crippen LogP contribution in [0.5, 0.6) is 0 Å². The van der Waals surface area contributed by atoms with Crippen molar-refractivity contribution in [3.8, 4) is 0 Å². The van der Waals surface area contributed by atoms with Gasteiger partial charge >= 0.3 is 0 Å². The van der Waals surface area contributed by atoms with Crippen LogP contribution >= 0.6 is 0 Å². The molecule has 0 radical (unpaired) electrons. The molecule has 0 aliphatic rings. The average Bonchev–Trinajstić information content (AvgIpc) is 1.85. The number of hydrogen-bond acceptors (Lipinski definition) is 3. The molecule has 9 heavy (non-hydrogen) atoms. The second kappa shape index (κ2) is 5.59. The Bertz CT molecular complexity index is 72.7. The van der Waals surface area contributed by atoms with Gasteiger partial charge in [0.2, 0.25) is 0 Å². The van der Waals surface area contributed by atoms with Crippen molar-refractivity contribution >= 4 is 0 Å². The van der Waals surface area contributed by atoms with Crippen molar-refractivity contribution in [1.29, 1.82) is 0 Å². The molecular weight excluding hydrogens is 114 g/mol. The Morgan fingerprint density at radius 1 is 1.78 bits per heavy atom. The normalized spacial score (nSPS) is 12.7. The van der Waals surface area contributed by atoms with Crippen LogP contribution in [0, 0.1) is 0 Å². The number of hydrogen-bond donors (Lipinski definition) is 3. The molecule has 0 heterocycles. The zero-order valence-electron chi connectivity index (χ0n) is 5.85. The van der Waals surface area contributed by atoms with Crippen molar-refractivity contribution in [3.05, 3.63) is 12.8 Å². The molecule has 3 heteroatoms. The van der Waals surface area contributed by atoms with Gasteiger partial charge in [0.25, 0.3) is 0 Å². The van der Waals surface area contributed by atoms with E-state index in [2.05, 4.69) is 24.1 Å². The predicted octanol–water partition coefficient (Wildman–Crippen LogP) is -0.0386. The van der Waals surface area contributed by atoms with E-state index < -0.39 is 0 Å². The van der Waals surface area contributed by atoms with Gasteiger partial charge in [-0.15, -0.1) is 0 Å². The Kier molecular flexibility index (Phi) is 5.26. The Hall–Kier alpha value is -0.540. The lowest BCUT2D eigenvalue weighted by Crippen LogP contribution is -2.47. The minimum absolute atomic E-state index is 0.151. The zero-order chi connectivity index (χ0) is 7.11. The van der Waals surface area contributed by atoms with Crippen molar-refractivity contribution in [2.75, 3.05) is 6.54 Å². The summed E-state index contributed by atoms with van der Waals surface area (Å²) in [6.45, 7) is 6.50. The van der Waals surface area contributed by atoms with E-state index in [4.69, 9.17) is 5.73 Å². The van der Waals surface area contributed by atoms with Crippen molar-refractivity contribution < 1.29 is 0 Å². The third-order valence-electron chi connectivity index (χ3n) is 0.912. The molecule has 0 saturated carbocycles. The van der Waals surface area contributed by atoms with Crippen LogP contribution in [0.25, 0.3) is 0 Å². The van der Waals surface area contributed by atoms with Crippen LogP contribution in [-0.4, -0.2) is 12.8 Å². The molecule has 0 aliphatic heterocycles. The summed E-state index contributed by atoms with van der Waals surface area (Å²) in [5.74, 6) is 0. The van der Waals surface area contributed by atoms with E-state index in [9.17, 15) is 0 Å². The molecular formula is C6H15N3. The fourth-order valence-corrected chi connectivity index (χ4v) is 0.486. The second-order valence-electron chi connectivity index (χ2n) is 1.80. The van der Waals surface area contributed by atoms with E-state index in [0.29, 0.717) is 0 Å². The summed E-state index contributed by atoms with van der Waals surface area (Å²) in [6.07, 6.45) is 2.52. The summed E-state index contributed by atoms with van der Waals surface area (Å²) >= 11 is 0. The summed E-state index contributed by atoms with van der Waals surface area (Å²) in [5, 5.41) is 5.84. The van der Waals surface area contributed by atoms with Crippen LogP contribution in [-0.2, 0) is 0 Å². The van der Waals surface area contributed by atoms with Gasteiger partial charge in [-0.05, 0) is 19.2 Å². The highest BCUT2D eigenvalue weighted by molar-refractivity contribution is 4.66. The quantitative estimate of drug-likeness (QED) is 0.457. The van der Waals surface area contributed by atoms with Gasteiger partial charge < -0.3 is 5.32 Å². The van der Waals surface area contributed by atoms with E-state index in [-0.39, 0.29) is 6.29 Å². The first-order valence-electron chi connectivity index (χ1n) is 3.17. The molecule has 0 aliphatic carbocycles. The van der Waals surface area contributed by atoms with Gasteiger partial charge in [0.15, 0.2) is 0 Å². The largest absolute Gasteiger partial charge is 0.365 e. The van der Waals surface area contributed by atoms with E-state index >= 15 is 0 Å². The first-order chi connectivity index (χ1) is 4.31. The topological polar surface area (TPSA) is 50.1 Å². The van der Waals surface area contributed by atoms with Crippen LogP contribution in [0.15, 0.2) is 12.8 Å². The highest BCUT2D eigenvalue weighted by Gasteiger charge is 1.91. The molecule has 54 valence electrons. The van der Waals surface area contributed by atoms with Gasteiger partial charge in [-0.25, -0.2) is 0 Å². The Balaban J connectivity index is 3.04. The van der Waals surface area contributed by atoms with Gasteiger partial charge in [0.1, 0.15) is 6.29 Å². The fourth-order valence-electron chi connectivity index (χ4n) is 0.486. The summed E-state index contributed by atoms with van der Waals surface area (Å²) in [5.41, 5.74) is 5.48. The molecule has 0 aromatic rings. The lowest BCUT2D eigenvalue weighted by atomic mass is 10.5. The van der Waals surface area contributed by atoms with Crippen molar-refractivity contribution in [1.82, 2.24) is 10.6 Å². The highest BCUT2D eigenvalue weighted by Crippen LogP contribution is 1.70. The van der Waals surface area contributed by atoms with Crippen molar-refractivity contribution in [3.63, 3.8) is 0 Å². The third kappa shape index (κ3) is 5.33. The molecule has 0 fully saturated rings. The predicted molar refractivity (Wildman–Crippen MR) is 39.6 cm³/mol. The maximum absolute atomic E-state index is 5.48. The van der Waals surface area contributed by atoms with Gasteiger partial charge in [0.05, 0.1) is 0 Å². The minimum atomic E-state index is -0.151. The molecule has 4 N–H and O–H groups in total. The zero-order valence-corrected chi connectivity index (χ0v) is 5.85. The van der Waals surface area contributed by atoms with E-state index in [0.717, 1.165) is 13.0 Å². The molecule has 0 saturated heterocycles. The molecule has 0 rings (SSSR count). The van der Waals surface area contributed by atoms with Gasteiger partial charge in [-0.2, -0.15) is 0 Å². The summed E-state index contributed by atoms with van der Waals surface area (Å²) < 4.78 is 0. The van der Waals surface area contributed by atoms with Crippen LogP contribution in [0.4, 0.5) is 0 Å². The number of rotatable bonds is 5. The molecule has 3 nitrogen and oxygen atoms in total. The van der Waals surface area contributed by atoms with Crippen LogP contribution < -0.4 is 16.4 Å². The van der Waals surface area contributed by atoms with Gasteiger partial charge in [-0.3, -0.25) is 11.1 Å². The number of nitrogens with two attached hydrogens (primary N) is 1. The Labute approximate surface area is 56.3 Å². The lowest BCUT2D eigenvalue weighted by Gasteiger charge is -2.11. The SMILES string of the molecule is C=CNC(N)NCCC. The summed E-state index contributed by atoms with van der Waals surface area (Å²) in [6, 6.07) is 0. The second-order valence-corrected chi connectivity index (χ2v) is 1.80. The smallest absolute Gasteiger partial charge is 0.129 e. The summed E-state index contributed by atoms with van der Waals surface area (Å²) in [4.78, 5) is 0. The lowest BCUT2D eigenvalue weighted by molar-refractivity contribution is 0.486. The highest BCUT2D eigenvalue weighted by atomic mass is 15.2. The van der Waals surface area contributed by atoms with Crippen molar-refractivity contribution in [2.45, 2.75) is 19.6 Å². The van der Waals surface area contributed by atoms with Gasteiger partial charge in [0, 0.05) is 0 Å². The maximum Gasteiger partial charge on any atom is 0.129 e. The Morgan fingerprint density at radius 2 is 2.44 bits per heavy atom. The molecule has 1 atom stereocenters. The maximum atomic E-state index is 5.48. The van der Waals surface area contributed by atoms with E-state index in [1.165, 1.54) is 0 Å². The fraction of sp³-hybridized carbons (Fsp3) is 0.667. The molecule has 1 unspecified atom stereocenters. The van der Waals surface area contributed by atoms with E-state index in [1.807, 2.05) is 0 Å². The van der Waals surface area contributed by atoms with Crippen LogP contribution in [0.3, 0.4) is 0 Å². The first kappa shape index (κ1) is 8.46. The van der Waals surface area contributed by atoms with Crippen LogP contribution in [0.2, 0.25) is 0 Å². The monoisotopic (exact) mass is 129 g/mol. The average molecular weight is 129 g/mol. The molecule has 0 aromatic carbocycles. The summed E-state index contributed by atoms with van der Waals surface area (Å²) in [7, 11) is 0. The number of nitrogens with one attached hydrogen (secondary N) is 2. The first-order valence-corrected chi connectivity index (χ1v) is 3.17. The minimum Gasteiger partial charge on any atom is -0.365 e. The standard InChI is InChI=1S/C6H15N3/c1-3-5-9-6(7)8-4-2/h4,6,8-9H,2-3,5,7H2,1H3. The third-order valence-corrected chi connectivity index (χ3v) is 0.912. The molecule has 0 bridgehead atoms. The molecule has 0 spiro atoms. The Morgan fingerprint density at radius 3 is 2.89 bits per heavy atom. The van der Waals surface area contributed by atoms with Crippen LogP contribution in [0.1, 0.15) is 13.3 Å². The molecule has 0 amide bonds. The molecule has 0 aromatic heterocycles.